The van der Waals surface area contributed by atoms with E-state index in [2.05, 4.69) is 218 Å². The number of Topliss-reactive ketones (excluding diaryl/α,β-unsaturated/α-hetero) is 6. The monoisotopic (exact) mass is 1500 g/mol. The summed E-state index contributed by atoms with van der Waals surface area (Å²) in [6, 6.07) is 0. The number of methoxy groups -OCH3 is 2. The van der Waals surface area contributed by atoms with Gasteiger partial charge in [0, 0.05) is 150 Å². The second kappa shape index (κ2) is 60.5. The molecule has 0 spiro atoms. The van der Waals surface area contributed by atoms with Crippen molar-refractivity contribution in [3.63, 3.8) is 0 Å². The van der Waals surface area contributed by atoms with Crippen LogP contribution in [0.1, 0.15) is 419 Å². The summed E-state index contributed by atoms with van der Waals surface area (Å²) in [6.45, 7) is 68.8. The van der Waals surface area contributed by atoms with Crippen LogP contribution in [-0.4, -0.2) is 124 Å². The fraction of sp³-hybridized carbons (Fsp3) is 0.914. The smallest absolute Gasteiger partial charge is 0.222 e. The van der Waals surface area contributed by atoms with Crippen LogP contribution in [0.5, 0.6) is 0 Å². The largest absolute Gasteiger partial charge is 0.385 e. The molecule has 2 saturated carbocycles. The minimum Gasteiger partial charge on any atom is -0.385 e. The van der Waals surface area contributed by atoms with Crippen molar-refractivity contribution >= 4 is 46.5 Å². The lowest BCUT2D eigenvalue weighted by atomic mass is 9.88. The second-order valence-corrected chi connectivity index (χ2v) is 42.0. The molecule has 2 amide bonds. The first-order valence-electron chi connectivity index (χ1n) is 42.7. The number of carbonyl (C=O) groups is 8. The molecule has 3 aliphatic rings. The van der Waals surface area contributed by atoms with Gasteiger partial charge in [-0.25, -0.2) is 0 Å². The van der Waals surface area contributed by atoms with Crippen molar-refractivity contribution in [2.24, 2.45) is 67.0 Å². The molecule has 1 heterocycles. The molecule has 106 heavy (non-hydrogen) atoms. The van der Waals surface area contributed by atoms with Crippen molar-refractivity contribution in [2.45, 2.75) is 419 Å². The highest BCUT2D eigenvalue weighted by Gasteiger charge is 2.26. The summed E-state index contributed by atoms with van der Waals surface area (Å²) < 4.78 is 9.76. The molecule has 1 saturated heterocycles. The molecule has 0 aromatic carbocycles. The summed E-state index contributed by atoms with van der Waals surface area (Å²) in [5, 5.41) is 2.86. The number of nitrogens with one attached hydrogen (secondary N) is 1. The molecule has 630 valence electrons. The molecular formula is C93H183N3O10. The number of hydrogen-bond acceptors (Lipinski definition) is 11. The van der Waals surface area contributed by atoms with Crippen molar-refractivity contribution in [3.8, 4) is 0 Å². The van der Waals surface area contributed by atoms with Crippen LogP contribution in [0, 0.1) is 67.0 Å². The maximum absolute atomic E-state index is 11.9. The van der Waals surface area contributed by atoms with Gasteiger partial charge in [0.05, 0.1) is 0 Å². The Morgan fingerprint density at radius 1 is 0.396 bits per heavy atom. The molecule has 3 fully saturated rings. The maximum atomic E-state index is 11.9. The Morgan fingerprint density at radius 3 is 1.09 bits per heavy atom. The van der Waals surface area contributed by atoms with E-state index in [9.17, 15) is 38.4 Å². The van der Waals surface area contributed by atoms with Crippen molar-refractivity contribution in [1.29, 1.82) is 0 Å². The summed E-state index contributed by atoms with van der Waals surface area (Å²) >= 11 is 0. The zero-order valence-electron chi connectivity index (χ0n) is 76.8. The average molecular weight is 1500 g/mol. The SMILES string of the molecule is CC(C)(C)CCC(=O)CCC1CC1.CC(C)CC(=O)CCC(C)(C)C.CC1CCC(CC(=O)CCC(C)(C)C)C1.CCCCC(=O)CCC(C)(C)C.CCCCCC(=O)CCC(C)(C)C.CN1CCN(C(=O)CCC(C)(C)C)CC1.COCCCC(=O)CCC(C)(C)C.COCCCNC(=O)CC(C)(C)C. The molecule has 0 aromatic heterocycles. The van der Waals surface area contributed by atoms with Crippen molar-refractivity contribution in [1.82, 2.24) is 15.1 Å². The van der Waals surface area contributed by atoms with E-state index in [0.717, 1.165) is 186 Å². The van der Waals surface area contributed by atoms with Crippen LogP contribution >= 0.6 is 0 Å². The van der Waals surface area contributed by atoms with E-state index < -0.39 is 0 Å². The number of amides is 2. The maximum Gasteiger partial charge on any atom is 0.222 e. The van der Waals surface area contributed by atoms with Gasteiger partial charge in [-0.05, 0) is 164 Å². The van der Waals surface area contributed by atoms with Crippen molar-refractivity contribution in [3.05, 3.63) is 0 Å². The van der Waals surface area contributed by atoms with Crippen LogP contribution in [0.15, 0.2) is 0 Å². The van der Waals surface area contributed by atoms with E-state index in [1.54, 1.807) is 14.2 Å². The van der Waals surface area contributed by atoms with E-state index in [0.29, 0.717) is 125 Å². The minimum absolute atomic E-state index is 0.0747. The Hall–Kier alpha value is -3.16. The number of ketones is 6. The van der Waals surface area contributed by atoms with Gasteiger partial charge in [0.15, 0.2) is 0 Å². The summed E-state index contributed by atoms with van der Waals surface area (Å²) in [5.74, 6) is 6.06. The molecule has 0 radical (unpaired) electrons. The number of ether oxygens (including phenoxy) is 2. The van der Waals surface area contributed by atoms with Crippen LogP contribution in [0.3, 0.4) is 0 Å². The van der Waals surface area contributed by atoms with E-state index in [-0.39, 0.29) is 22.2 Å². The first kappa shape index (κ1) is 111. The Morgan fingerprint density at radius 2 is 0.745 bits per heavy atom. The summed E-state index contributed by atoms with van der Waals surface area (Å²) in [6.07, 6.45) is 32.8. The molecule has 1 N–H and O–H groups in total. The summed E-state index contributed by atoms with van der Waals surface area (Å²) in [7, 11) is 5.44. The number of piperazine rings is 1. The van der Waals surface area contributed by atoms with Crippen molar-refractivity contribution < 1.29 is 47.8 Å². The number of unbranched alkanes of at least 4 members (excludes halogenated alkanes) is 3. The molecular weight excluding hydrogens is 1320 g/mol. The number of nitrogens with zero attached hydrogens (tertiary/aromatic N) is 2. The fourth-order valence-corrected chi connectivity index (χ4v) is 10.9. The second-order valence-electron chi connectivity index (χ2n) is 42.0. The predicted octanol–water partition coefficient (Wildman–Crippen LogP) is 24.7. The molecule has 2 unspecified atom stereocenters. The van der Waals surface area contributed by atoms with Gasteiger partial charge in [0.2, 0.25) is 11.8 Å². The van der Waals surface area contributed by atoms with Gasteiger partial charge < -0.3 is 24.6 Å². The Kier molecular flexibility index (Phi) is 63.6. The molecule has 0 aromatic rings. The lowest BCUT2D eigenvalue weighted by Crippen LogP contribution is -2.47. The minimum atomic E-state index is 0.0747. The zero-order chi connectivity index (χ0) is 83.2. The van der Waals surface area contributed by atoms with Gasteiger partial charge in [-0.1, -0.05) is 239 Å². The summed E-state index contributed by atoms with van der Waals surface area (Å²) in [5.41, 5.74) is 2.15. The van der Waals surface area contributed by atoms with E-state index >= 15 is 0 Å². The first-order valence-corrected chi connectivity index (χ1v) is 42.7. The van der Waals surface area contributed by atoms with Gasteiger partial charge in [0.1, 0.15) is 34.7 Å². The zero-order valence-corrected chi connectivity index (χ0v) is 76.8. The Balaban J connectivity index is -0.000000367. The van der Waals surface area contributed by atoms with E-state index in [1.165, 1.54) is 44.9 Å². The lowest BCUT2D eigenvalue weighted by molar-refractivity contribution is -0.133. The van der Waals surface area contributed by atoms with Gasteiger partial charge in [0.25, 0.3) is 0 Å². The molecule has 2 atom stereocenters. The van der Waals surface area contributed by atoms with Crippen LogP contribution in [-0.2, 0) is 47.8 Å². The number of hydrogen-bond donors (Lipinski definition) is 1. The van der Waals surface area contributed by atoms with E-state index in [1.807, 2.05) is 4.90 Å². The normalized spacial score (nSPS) is 15.7. The summed E-state index contributed by atoms with van der Waals surface area (Å²) in [4.78, 5) is 95.8. The Bertz CT molecular complexity index is 2220. The molecule has 13 heteroatoms. The average Bonchev–Trinajstić information content (AvgIpc) is 1.59. The molecule has 1 aliphatic heterocycles. The highest BCUT2D eigenvalue weighted by molar-refractivity contribution is 5.80. The van der Waals surface area contributed by atoms with Crippen LogP contribution in [0.4, 0.5) is 0 Å². The topological polar surface area (TPSA) is 174 Å². The molecule has 13 nitrogen and oxygen atoms in total. The fourth-order valence-electron chi connectivity index (χ4n) is 10.9. The predicted molar refractivity (Wildman–Crippen MR) is 456 cm³/mol. The van der Waals surface area contributed by atoms with Gasteiger partial charge in [-0.3, -0.25) is 38.4 Å². The Labute approximate surface area is 659 Å². The third kappa shape index (κ3) is 95.0. The molecule has 2 aliphatic carbocycles. The van der Waals surface area contributed by atoms with Gasteiger partial charge in [-0.15, -0.1) is 0 Å². The third-order valence-electron chi connectivity index (χ3n) is 18.6. The van der Waals surface area contributed by atoms with Crippen LogP contribution in [0.2, 0.25) is 0 Å². The van der Waals surface area contributed by atoms with Gasteiger partial charge in [-0.2, -0.15) is 0 Å². The van der Waals surface area contributed by atoms with Crippen LogP contribution < -0.4 is 5.32 Å². The first-order chi connectivity index (χ1) is 48.3. The van der Waals surface area contributed by atoms with Gasteiger partial charge >= 0.3 is 0 Å². The lowest BCUT2D eigenvalue weighted by Gasteiger charge is -2.33. The molecule has 3 rings (SSSR count). The third-order valence-corrected chi connectivity index (χ3v) is 18.6. The quantitative estimate of drug-likeness (QED) is 0.0586. The van der Waals surface area contributed by atoms with Crippen LogP contribution in [0.25, 0.3) is 0 Å². The van der Waals surface area contributed by atoms with Crippen molar-refractivity contribution in [2.75, 3.05) is 67.2 Å². The molecule has 0 bridgehead atoms. The number of likely N-dealkylation sites (N-methyl/N-ethyl adjacent to an activating group) is 1. The highest BCUT2D eigenvalue weighted by atomic mass is 16.5. The number of carbonyl (C=O) groups excluding carboxylic acids is 8. The standard InChI is InChI=1S/C14H26O.C12H24N2O.C12H22O.C12H24O.C11H22O2.2C11H22O.C10H21NO2/c1-11-5-6-12(9-11)10-13(15)7-8-14(2,3)4;1-12(2,3)6-5-11(15)14-9-7-13(4)8-10-14;1-12(2,3)9-8-11(13)7-6-10-4-5-10;1-5-6-7-8-11(13)9-10-12(2,3)4;1-11(2,3)8-7-10(12)6-5-9-13-4;1-9(2)8-10(12)6-7-11(3,4)5;1-5-6-7-10(12)8-9-11(2,3)4;1-10(2,3)8-9(12)11-6-5-7-13-4/h11-12H,5-10H2,1-4H3;5-10H2,1-4H3;10H,4-9H2,1-3H3;5-10H2,1-4H3;5-9H2,1-4H3;9H,6-8H2,1-5H3;5-9H2,1-4H3;5-8H2,1-4H3,(H,11,12). The highest BCUT2D eigenvalue weighted by Crippen LogP contribution is 2.35. The van der Waals surface area contributed by atoms with E-state index in [4.69, 9.17) is 9.47 Å². The number of rotatable bonds is 37.